The molecule has 0 aliphatic carbocycles. The summed E-state index contributed by atoms with van der Waals surface area (Å²) in [6, 6.07) is 0. The van der Waals surface area contributed by atoms with Gasteiger partial charge in [0, 0.05) is 19.6 Å². The highest BCUT2D eigenvalue weighted by atomic mass is 16.7. The Balaban J connectivity index is 1.81. The van der Waals surface area contributed by atoms with E-state index in [0.717, 1.165) is 32.2 Å². The number of carbonyl (C=O) groups excluding carboxylic acids is 1. The predicted octanol–water partition coefficient (Wildman–Crippen LogP) is 1.53. The first-order valence-corrected chi connectivity index (χ1v) is 5.68. The van der Waals surface area contributed by atoms with Gasteiger partial charge in [-0.2, -0.15) is 0 Å². The predicted molar refractivity (Wildman–Crippen MR) is 55.7 cm³/mol. The molecule has 1 aliphatic rings. The van der Waals surface area contributed by atoms with E-state index in [-0.39, 0.29) is 6.29 Å². The molecule has 1 fully saturated rings. The molecule has 0 N–H and O–H groups in total. The summed E-state index contributed by atoms with van der Waals surface area (Å²) in [6.45, 7) is 2.60. The van der Waals surface area contributed by atoms with E-state index in [4.69, 9.17) is 14.2 Å². The molecule has 4 nitrogen and oxygen atoms in total. The minimum Gasteiger partial charge on any atom is -0.379 e. The quantitative estimate of drug-likeness (QED) is 0.456. The molecule has 1 heterocycles. The summed E-state index contributed by atoms with van der Waals surface area (Å²) >= 11 is 0. The van der Waals surface area contributed by atoms with Gasteiger partial charge in [-0.1, -0.05) is 0 Å². The third-order valence-corrected chi connectivity index (χ3v) is 2.28. The Kier molecular flexibility index (Phi) is 7.42. The Morgan fingerprint density at radius 3 is 2.93 bits per heavy atom. The molecule has 0 aromatic heterocycles. The van der Waals surface area contributed by atoms with Crippen molar-refractivity contribution >= 4 is 6.29 Å². The van der Waals surface area contributed by atoms with Crippen LogP contribution in [0, 0.1) is 0 Å². The summed E-state index contributed by atoms with van der Waals surface area (Å²) in [5.41, 5.74) is 0. The molecular formula is C11H20O4. The topological polar surface area (TPSA) is 44.8 Å². The maximum absolute atomic E-state index is 10.0. The van der Waals surface area contributed by atoms with Gasteiger partial charge in [0.2, 0.25) is 0 Å². The van der Waals surface area contributed by atoms with Gasteiger partial charge >= 0.3 is 0 Å². The normalized spacial score (nSPS) is 21.5. The summed E-state index contributed by atoms with van der Waals surface area (Å²) in [6.07, 6.45) is 5.57. The number of ether oxygens (including phenoxy) is 3. The summed E-state index contributed by atoms with van der Waals surface area (Å²) < 4.78 is 16.2. The zero-order valence-electron chi connectivity index (χ0n) is 9.15. The molecule has 0 amide bonds. The summed E-state index contributed by atoms with van der Waals surface area (Å²) in [7, 11) is 0. The summed E-state index contributed by atoms with van der Waals surface area (Å²) in [4.78, 5) is 10.0. The lowest BCUT2D eigenvalue weighted by atomic mass is 10.2. The van der Waals surface area contributed by atoms with Gasteiger partial charge in [-0.05, 0) is 25.7 Å². The molecule has 0 radical (unpaired) electrons. The van der Waals surface area contributed by atoms with Crippen molar-refractivity contribution in [2.75, 3.05) is 26.4 Å². The first-order chi connectivity index (χ1) is 7.43. The second-order valence-corrected chi connectivity index (χ2v) is 3.59. The van der Waals surface area contributed by atoms with Gasteiger partial charge in [0.1, 0.15) is 6.29 Å². The average molecular weight is 216 g/mol. The van der Waals surface area contributed by atoms with Crippen molar-refractivity contribution in [3.05, 3.63) is 0 Å². The van der Waals surface area contributed by atoms with Crippen LogP contribution in [0.1, 0.15) is 32.1 Å². The lowest BCUT2D eigenvalue weighted by Crippen LogP contribution is -2.24. The van der Waals surface area contributed by atoms with Crippen molar-refractivity contribution in [1.29, 1.82) is 0 Å². The second-order valence-electron chi connectivity index (χ2n) is 3.59. The smallest absolute Gasteiger partial charge is 0.157 e. The van der Waals surface area contributed by atoms with E-state index in [9.17, 15) is 4.79 Å². The van der Waals surface area contributed by atoms with Crippen LogP contribution >= 0.6 is 0 Å². The van der Waals surface area contributed by atoms with Crippen LogP contribution in [-0.2, 0) is 19.0 Å². The van der Waals surface area contributed by atoms with Gasteiger partial charge < -0.3 is 19.0 Å². The highest BCUT2D eigenvalue weighted by molar-refractivity contribution is 5.48. The number of aldehydes is 1. The third kappa shape index (κ3) is 6.60. The standard InChI is InChI=1S/C11H20O4/c12-6-2-4-7-13-9-10-15-11-5-1-3-8-14-11/h6,11H,1-5,7-10H2. The van der Waals surface area contributed by atoms with Crippen molar-refractivity contribution in [3.8, 4) is 0 Å². The van der Waals surface area contributed by atoms with Crippen LogP contribution in [0.3, 0.4) is 0 Å². The molecule has 0 saturated carbocycles. The largest absolute Gasteiger partial charge is 0.379 e. The number of hydrogen-bond acceptors (Lipinski definition) is 4. The van der Waals surface area contributed by atoms with Crippen LogP contribution in [0.25, 0.3) is 0 Å². The zero-order valence-corrected chi connectivity index (χ0v) is 9.15. The lowest BCUT2D eigenvalue weighted by molar-refractivity contribution is -0.169. The van der Waals surface area contributed by atoms with Crippen LogP contribution in [-0.4, -0.2) is 39.0 Å². The lowest BCUT2D eigenvalue weighted by Gasteiger charge is -2.22. The Hall–Kier alpha value is -0.450. The molecule has 0 aromatic rings. The monoisotopic (exact) mass is 216 g/mol. The molecule has 1 atom stereocenters. The minimum atomic E-state index is -0.0303. The van der Waals surface area contributed by atoms with Gasteiger partial charge in [0.05, 0.1) is 13.2 Å². The molecule has 0 bridgehead atoms. The van der Waals surface area contributed by atoms with E-state index < -0.39 is 0 Å². The van der Waals surface area contributed by atoms with Gasteiger partial charge in [0.15, 0.2) is 6.29 Å². The summed E-state index contributed by atoms with van der Waals surface area (Å²) in [5.74, 6) is 0. The van der Waals surface area contributed by atoms with Gasteiger partial charge in [-0.3, -0.25) is 0 Å². The average Bonchev–Trinajstić information content (AvgIpc) is 2.29. The van der Waals surface area contributed by atoms with Crippen molar-refractivity contribution in [1.82, 2.24) is 0 Å². The minimum absolute atomic E-state index is 0.0303. The second kappa shape index (κ2) is 8.83. The number of unbranched alkanes of at least 4 members (excludes halogenated alkanes) is 1. The Labute approximate surface area is 90.9 Å². The van der Waals surface area contributed by atoms with E-state index in [1.54, 1.807) is 0 Å². The highest BCUT2D eigenvalue weighted by Gasteiger charge is 2.13. The van der Waals surface area contributed by atoms with E-state index in [0.29, 0.717) is 26.2 Å². The molecule has 1 saturated heterocycles. The van der Waals surface area contributed by atoms with E-state index >= 15 is 0 Å². The van der Waals surface area contributed by atoms with Crippen molar-refractivity contribution in [2.45, 2.75) is 38.4 Å². The molecule has 0 spiro atoms. The van der Waals surface area contributed by atoms with Crippen molar-refractivity contribution in [2.24, 2.45) is 0 Å². The third-order valence-electron chi connectivity index (χ3n) is 2.28. The maximum atomic E-state index is 10.0. The van der Waals surface area contributed by atoms with Crippen LogP contribution in [0.4, 0.5) is 0 Å². The van der Waals surface area contributed by atoms with Crippen LogP contribution in [0.2, 0.25) is 0 Å². The fraction of sp³-hybridized carbons (Fsp3) is 0.909. The van der Waals surface area contributed by atoms with E-state index in [2.05, 4.69) is 0 Å². The molecule has 1 rings (SSSR count). The Morgan fingerprint density at radius 2 is 2.20 bits per heavy atom. The SMILES string of the molecule is O=CCCCOCCOC1CCCCO1. The van der Waals surface area contributed by atoms with Crippen molar-refractivity contribution < 1.29 is 19.0 Å². The van der Waals surface area contributed by atoms with Crippen LogP contribution in [0.15, 0.2) is 0 Å². The Bertz CT molecular complexity index is 155. The number of hydrogen-bond donors (Lipinski definition) is 0. The fourth-order valence-electron chi connectivity index (χ4n) is 1.45. The molecule has 0 aromatic carbocycles. The zero-order chi connectivity index (χ0) is 10.8. The fourth-order valence-corrected chi connectivity index (χ4v) is 1.45. The van der Waals surface area contributed by atoms with E-state index in [1.807, 2.05) is 0 Å². The van der Waals surface area contributed by atoms with Gasteiger partial charge in [-0.25, -0.2) is 0 Å². The highest BCUT2D eigenvalue weighted by Crippen LogP contribution is 2.13. The van der Waals surface area contributed by atoms with Crippen molar-refractivity contribution in [3.63, 3.8) is 0 Å². The first kappa shape index (κ1) is 12.6. The van der Waals surface area contributed by atoms with Gasteiger partial charge in [-0.15, -0.1) is 0 Å². The molecule has 1 aliphatic heterocycles. The number of rotatable bonds is 8. The number of carbonyl (C=O) groups is 1. The molecule has 15 heavy (non-hydrogen) atoms. The first-order valence-electron chi connectivity index (χ1n) is 5.68. The molecule has 88 valence electrons. The Morgan fingerprint density at radius 1 is 1.27 bits per heavy atom. The molecular weight excluding hydrogens is 196 g/mol. The van der Waals surface area contributed by atoms with Crippen LogP contribution in [0.5, 0.6) is 0 Å². The summed E-state index contributed by atoms with van der Waals surface area (Å²) in [5, 5.41) is 0. The molecule has 4 heteroatoms. The van der Waals surface area contributed by atoms with Crippen LogP contribution < -0.4 is 0 Å². The maximum Gasteiger partial charge on any atom is 0.157 e. The van der Waals surface area contributed by atoms with Gasteiger partial charge in [0.25, 0.3) is 0 Å². The molecule has 1 unspecified atom stereocenters. The van der Waals surface area contributed by atoms with E-state index in [1.165, 1.54) is 6.42 Å².